The molecule has 0 aliphatic heterocycles. The van der Waals surface area contributed by atoms with Crippen LogP contribution >= 0.6 is 11.3 Å². The van der Waals surface area contributed by atoms with E-state index in [4.69, 9.17) is 0 Å². The molecular formula is C15H19N3S. The standard InChI is InChI=1S/C15H19N3S/c1-16-10-12-9-14(6-7-17-12)18(13-4-5-13)11-15-3-2-8-19-15/h2-3,6-9,13,16H,4-5,10-11H2,1H3. The van der Waals surface area contributed by atoms with Gasteiger partial charge in [-0.25, -0.2) is 0 Å². The molecule has 1 aliphatic rings. The van der Waals surface area contributed by atoms with Gasteiger partial charge in [-0.1, -0.05) is 6.07 Å². The summed E-state index contributed by atoms with van der Waals surface area (Å²) < 4.78 is 0. The van der Waals surface area contributed by atoms with Crippen molar-refractivity contribution in [2.24, 2.45) is 0 Å². The summed E-state index contributed by atoms with van der Waals surface area (Å²) in [7, 11) is 1.96. The third-order valence-electron chi connectivity index (χ3n) is 3.38. The van der Waals surface area contributed by atoms with E-state index in [1.54, 1.807) is 0 Å². The predicted octanol–water partition coefficient (Wildman–Crippen LogP) is 3.03. The Balaban J connectivity index is 1.81. The number of nitrogens with zero attached hydrogens (tertiary/aromatic N) is 2. The van der Waals surface area contributed by atoms with Gasteiger partial charge in [-0.15, -0.1) is 11.3 Å². The molecular weight excluding hydrogens is 254 g/mol. The van der Waals surface area contributed by atoms with E-state index < -0.39 is 0 Å². The molecule has 0 atom stereocenters. The first-order valence-electron chi connectivity index (χ1n) is 6.75. The lowest BCUT2D eigenvalue weighted by molar-refractivity contribution is 0.776. The van der Waals surface area contributed by atoms with E-state index in [1.165, 1.54) is 23.4 Å². The Bertz CT molecular complexity index is 520. The molecule has 0 spiro atoms. The topological polar surface area (TPSA) is 28.2 Å². The van der Waals surface area contributed by atoms with Gasteiger partial charge in [0.25, 0.3) is 0 Å². The van der Waals surface area contributed by atoms with Crippen LogP contribution in [0.25, 0.3) is 0 Å². The van der Waals surface area contributed by atoms with E-state index in [0.717, 1.165) is 18.8 Å². The maximum Gasteiger partial charge on any atom is 0.0562 e. The number of thiophene rings is 1. The van der Waals surface area contributed by atoms with Crippen LogP contribution in [-0.2, 0) is 13.1 Å². The molecule has 0 bridgehead atoms. The molecule has 1 aliphatic carbocycles. The zero-order valence-corrected chi connectivity index (χ0v) is 12.0. The Labute approximate surface area is 118 Å². The van der Waals surface area contributed by atoms with Crippen LogP contribution in [0.15, 0.2) is 35.8 Å². The molecule has 19 heavy (non-hydrogen) atoms. The van der Waals surface area contributed by atoms with Gasteiger partial charge in [0.2, 0.25) is 0 Å². The Kier molecular flexibility index (Phi) is 3.80. The summed E-state index contributed by atoms with van der Waals surface area (Å²) in [5, 5.41) is 5.31. The van der Waals surface area contributed by atoms with Crippen LogP contribution in [0.4, 0.5) is 5.69 Å². The van der Waals surface area contributed by atoms with Crippen LogP contribution in [-0.4, -0.2) is 18.1 Å². The normalized spacial score (nSPS) is 14.6. The fourth-order valence-corrected chi connectivity index (χ4v) is 3.01. The highest BCUT2D eigenvalue weighted by atomic mass is 32.1. The largest absolute Gasteiger partial charge is 0.363 e. The molecule has 0 amide bonds. The average Bonchev–Trinajstić information content (AvgIpc) is 3.14. The molecule has 2 aromatic rings. The van der Waals surface area contributed by atoms with E-state index >= 15 is 0 Å². The van der Waals surface area contributed by atoms with Gasteiger partial charge in [-0.3, -0.25) is 4.98 Å². The Morgan fingerprint density at radius 3 is 3.00 bits per heavy atom. The molecule has 2 heterocycles. The van der Waals surface area contributed by atoms with E-state index in [0.29, 0.717) is 6.04 Å². The molecule has 4 heteroatoms. The second-order valence-electron chi connectivity index (χ2n) is 4.97. The van der Waals surface area contributed by atoms with Crippen LogP contribution in [0.3, 0.4) is 0 Å². The average molecular weight is 273 g/mol. The lowest BCUT2D eigenvalue weighted by Crippen LogP contribution is -2.24. The zero-order chi connectivity index (χ0) is 13.1. The van der Waals surface area contributed by atoms with Gasteiger partial charge >= 0.3 is 0 Å². The molecule has 0 saturated heterocycles. The molecule has 1 saturated carbocycles. The van der Waals surface area contributed by atoms with Crippen molar-refractivity contribution in [1.29, 1.82) is 0 Å². The molecule has 1 N–H and O–H groups in total. The lowest BCUT2D eigenvalue weighted by Gasteiger charge is -2.24. The number of hydrogen-bond acceptors (Lipinski definition) is 4. The first kappa shape index (κ1) is 12.6. The summed E-state index contributed by atoms with van der Waals surface area (Å²) in [5.74, 6) is 0. The van der Waals surface area contributed by atoms with Crippen molar-refractivity contribution in [3.8, 4) is 0 Å². The summed E-state index contributed by atoms with van der Waals surface area (Å²) in [6.45, 7) is 1.84. The molecule has 2 aromatic heterocycles. The van der Waals surface area contributed by atoms with Crippen molar-refractivity contribution < 1.29 is 0 Å². The zero-order valence-electron chi connectivity index (χ0n) is 11.2. The first-order chi connectivity index (χ1) is 9.36. The van der Waals surface area contributed by atoms with Gasteiger partial charge in [0, 0.05) is 29.3 Å². The van der Waals surface area contributed by atoms with Crippen LogP contribution in [0.1, 0.15) is 23.4 Å². The van der Waals surface area contributed by atoms with E-state index in [-0.39, 0.29) is 0 Å². The molecule has 3 nitrogen and oxygen atoms in total. The van der Waals surface area contributed by atoms with Crippen LogP contribution in [0.2, 0.25) is 0 Å². The number of nitrogens with one attached hydrogen (secondary N) is 1. The number of aromatic nitrogens is 1. The number of hydrogen-bond donors (Lipinski definition) is 1. The van der Waals surface area contributed by atoms with Crippen molar-refractivity contribution >= 4 is 17.0 Å². The highest BCUT2D eigenvalue weighted by molar-refractivity contribution is 7.09. The number of anilines is 1. The van der Waals surface area contributed by atoms with Crippen molar-refractivity contribution in [3.05, 3.63) is 46.4 Å². The maximum absolute atomic E-state index is 4.40. The summed E-state index contributed by atoms with van der Waals surface area (Å²) in [6.07, 6.45) is 4.55. The summed E-state index contributed by atoms with van der Waals surface area (Å²) >= 11 is 1.84. The van der Waals surface area contributed by atoms with Crippen molar-refractivity contribution in [1.82, 2.24) is 10.3 Å². The second-order valence-corrected chi connectivity index (χ2v) is 6.01. The number of rotatable bonds is 6. The van der Waals surface area contributed by atoms with Crippen molar-refractivity contribution in [2.45, 2.75) is 32.0 Å². The predicted molar refractivity (Wildman–Crippen MR) is 80.5 cm³/mol. The fourth-order valence-electron chi connectivity index (χ4n) is 2.31. The van der Waals surface area contributed by atoms with Gasteiger partial charge in [0.1, 0.15) is 0 Å². The molecule has 1 fully saturated rings. The summed E-state index contributed by atoms with van der Waals surface area (Å²) in [5.41, 5.74) is 2.41. The van der Waals surface area contributed by atoms with Crippen molar-refractivity contribution in [2.75, 3.05) is 11.9 Å². The van der Waals surface area contributed by atoms with E-state index in [9.17, 15) is 0 Å². The molecule has 0 unspecified atom stereocenters. The van der Waals surface area contributed by atoms with Crippen molar-refractivity contribution in [3.63, 3.8) is 0 Å². The van der Waals surface area contributed by atoms with Crippen LogP contribution < -0.4 is 10.2 Å². The van der Waals surface area contributed by atoms with Gasteiger partial charge < -0.3 is 10.2 Å². The monoisotopic (exact) mass is 273 g/mol. The third-order valence-corrected chi connectivity index (χ3v) is 4.24. The minimum atomic E-state index is 0.715. The highest BCUT2D eigenvalue weighted by Gasteiger charge is 2.29. The maximum atomic E-state index is 4.40. The minimum absolute atomic E-state index is 0.715. The number of pyridine rings is 1. The molecule has 0 radical (unpaired) electrons. The van der Waals surface area contributed by atoms with Crippen LogP contribution in [0, 0.1) is 0 Å². The molecule has 0 aromatic carbocycles. The van der Waals surface area contributed by atoms with E-state index in [2.05, 4.69) is 44.8 Å². The summed E-state index contributed by atoms with van der Waals surface area (Å²) in [4.78, 5) is 8.35. The quantitative estimate of drug-likeness (QED) is 0.877. The highest BCUT2D eigenvalue weighted by Crippen LogP contribution is 2.33. The van der Waals surface area contributed by atoms with Gasteiger partial charge in [0.05, 0.1) is 12.2 Å². The van der Waals surface area contributed by atoms with Gasteiger partial charge in [-0.2, -0.15) is 0 Å². The second kappa shape index (κ2) is 5.72. The SMILES string of the molecule is CNCc1cc(N(Cc2cccs2)C2CC2)ccn1. The smallest absolute Gasteiger partial charge is 0.0562 e. The first-order valence-corrected chi connectivity index (χ1v) is 7.63. The Hall–Kier alpha value is -1.39. The third kappa shape index (κ3) is 3.14. The van der Waals surface area contributed by atoms with E-state index in [1.807, 2.05) is 24.6 Å². The Morgan fingerprint density at radius 2 is 2.32 bits per heavy atom. The summed E-state index contributed by atoms with van der Waals surface area (Å²) in [6, 6.07) is 9.40. The fraction of sp³-hybridized carbons (Fsp3) is 0.400. The van der Waals surface area contributed by atoms with Gasteiger partial charge in [-0.05, 0) is 43.5 Å². The minimum Gasteiger partial charge on any atom is -0.363 e. The molecule has 3 rings (SSSR count). The lowest BCUT2D eigenvalue weighted by atomic mass is 10.2. The van der Waals surface area contributed by atoms with Crippen LogP contribution in [0.5, 0.6) is 0 Å². The molecule has 100 valence electrons. The Morgan fingerprint density at radius 1 is 1.42 bits per heavy atom. The van der Waals surface area contributed by atoms with Gasteiger partial charge in [0.15, 0.2) is 0 Å².